The van der Waals surface area contributed by atoms with Crippen LogP contribution in [0, 0.1) is 6.92 Å². The number of hydrogen-bond donors (Lipinski definition) is 2. The Bertz CT molecular complexity index is 1220. The maximum absolute atomic E-state index is 12.9. The molecule has 0 atom stereocenters. The van der Waals surface area contributed by atoms with Crippen molar-refractivity contribution in [2.24, 2.45) is 5.14 Å². The predicted octanol–water partition coefficient (Wildman–Crippen LogP) is 3.75. The number of nitrogens with one attached hydrogen (secondary N) is 1. The van der Waals surface area contributed by atoms with Gasteiger partial charge in [0.1, 0.15) is 0 Å². The summed E-state index contributed by atoms with van der Waals surface area (Å²) < 4.78 is 24.2. The fraction of sp³-hybridized carbons (Fsp3) is 0.238. The van der Waals surface area contributed by atoms with E-state index in [-0.39, 0.29) is 17.6 Å². The molecule has 0 unspecified atom stereocenters. The molecule has 2 aromatic carbocycles. The van der Waals surface area contributed by atoms with Crippen LogP contribution < -0.4 is 10.5 Å². The number of aryl methyl sites for hydroxylation is 1. The van der Waals surface area contributed by atoms with E-state index in [1.54, 1.807) is 35.1 Å². The van der Waals surface area contributed by atoms with Crippen LogP contribution in [0.4, 0.5) is 5.69 Å². The number of nitrogens with zero attached hydrogens (tertiary/aromatic N) is 2. The third kappa shape index (κ3) is 4.56. The van der Waals surface area contributed by atoms with Gasteiger partial charge in [0.05, 0.1) is 28.9 Å². The van der Waals surface area contributed by atoms with Crippen molar-refractivity contribution in [3.8, 4) is 5.69 Å². The molecule has 1 amide bonds. The van der Waals surface area contributed by atoms with Crippen molar-refractivity contribution in [2.75, 3.05) is 5.32 Å². The van der Waals surface area contributed by atoms with Gasteiger partial charge in [-0.1, -0.05) is 29.8 Å². The molecular formula is C21H21ClN4O3S. The minimum atomic E-state index is -3.60. The first kappa shape index (κ1) is 20.6. The van der Waals surface area contributed by atoms with Gasteiger partial charge >= 0.3 is 0 Å². The maximum atomic E-state index is 12.9. The Labute approximate surface area is 179 Å². The number of anilines is 1. The molecule has 0 radical (unpaired) electrons. The molecule has 0 spiro atoms. The smallest absolute Gasteiger partial charge is 0.259 e. The summed E-state index contributed by atoms with van der Waals surface area (Å²) in [6, 6.07) is 12.3. The van der Waals surface area contributed by atoms with E-state index in [1.165, 1.54) is 0 Å². The topological polar surface area (TPSA) is 107 Å². The second-order valence-electron chi connectivity index (χ2n) is 7.52. The number of benzene rings is 2. The molecule has 7 nitrogen and oxygen atoms in total. The highest BCUT2D eigenvalue weighted by Gasteiger charge is 2.33. The van der Waals surface area contributed by atoms with Crippen molar-refractivity contribution >= 4 is 33.2 Å². The molecule has 0 bridgehead atoms. The molecule has 1 heterocycles. The molecular weight excluding hydrogens is 424 g/mol. The molecule has 0 aliphatic heterocycles. The van der Waals surface area contributed by atoms with Crippen LogP contribution in [0.5, 0.6) is 0 Å². The highest BCUT2D eigenvalue weighted by Crippen LogP contribution is 2.42. The van der Waals surface area contributed by atoms with E-state index >= 15 is 0 Å². The first-order valence-electron chi connectivity index (χ1n) is 9.46. The number of carbonyl (C=O) groups is 1. The third-order valence-electron chi connectivity index (χ3n) is 4.99. The fourth-order valence-electron chi connectivity index (χ4n) is 3.32. The zero-order valence-electron chi connectivity index (χ0n) is 16.3. The average molecular weight is 445 g/mol. The SMILES string of the molecule is Cc1ccc(-n2ncc(C(=O)Nc3ccc(CS(N)(=O)=O)cc3)c2C2CC2)cc1Cl. The molecule has 1 aliphatic rings. The molecule has 0 saturated heterocycles. The highest BCUT2D eigenvalue weighted by molar-refractivity contribution is 7.88. The molecule has 156 valence electrons. The van der Waals surface area contributed by atoms with Gasteiger partial charge in [-0.3, -0.25) is 4.79 Å². The van der Waals surface area contributed by atoms with Gasteiger partial charge in [0.25, 0.3) is 5.91 Å². The monoisotopic (exact) mass is 444 g/mol. The molecule has 9 heteroatoms. The first-order chi connectivity index (χ1) is 14.2. The van der Waals surface area contributed by atoms with Gasteiger partial charge in [0.2, 0.25) is 10.0 Å². The number of aromatic nitrogens is 2. The minimum Gasteiger partial charge on any atom is -0.322 e. The number of primary sulfonamides is 1. The average Bonchev–Trinajstić information content (AvgIpc) is 3.42. The Kier molecular flexibility index (Phi) is 5.40. The van der Waals surface area contributed by atoms with E-state index in [9.17, 15) is 13.2 Å². The standard InChI is InChI=1S/C21H21ClN4O3S/c1-13-2-9-17(10-19(13)22)26-20(15-5-6-15)18(11-24-26)21(27)25-16-7-3-14(4-8-16)12-30(23,28)29/h2-4,7-11,15H,5-6,12H2,1H3,(H,25,27)(H2,23,28,29). The lowest BCUT2D eigenvalue weighted by molar-refractivity contribution is 0.102. The molecule has 3 N–H and O–H groups in total. The van der Waals surface area contributed by atoms with E-state index in [0.717, 1.165) is 29.8 Å². The number of carbonyl (C=O) groups excluding carboxylic acids is 1. The van der Waals surface area contributed by atoms with Crippen LogP contribution in [0.1, 0.15) is 45.9 Å². The number of rotatable bonds is 6. The molecule has 1 aromatic heterocycles. The summed E-state index contributed by atoms with van der Waals surface area (Å²) in [7, 11) is -3.60. The Balaban J connectivity index is 1.59. The van der Waals surface area contributed by atoms with E-state index in [0.29, 0.717) is 21.8 Å². The molecule has 1 fully saturated rings. The number of nitrogens with two attached hydrogens (primary N) is 1. The first-order valence-corrected chi connectivity index (χ1v) is 11.6. The molecule has 1 aliphatic carbocycles. The van der Waals surface area contributed by atoms with Crippen molar-refractivity contribution in [3.05, 3.63) is 76.1 Å². The van der Waals surface area contributed by atoms with Crippen molar-refractivity contribution in [3.63, 3.8) is 0 Å². The van der Waals surface area contributed by atoms with Crippen LogP contribution in [0.25, 0.3) is 5.69 Å². The lowest BCUT2D eigenvalue weighted by Gasteiger charge is -2.11. The summed E-state index contributed by atoms with van der Waals surface area (Å²) >= 11 is 6.27. The van der Waals surface area contributed by atoms with Gasteiger partial charge < -0.3 is 5.32 Å². The van der Waals surface area contributed by atoms with Gasteiger partial charge in [-0.15, -0.1) is 0 Å². The summed E-state index contributed by atoms with van der Waals surface area (Å²) in [6.07, 6.45) is 3.59. The van der Waals surface area contributed by atoms with Crippen LogP contribution in [-0.2, 0) is 15.8 Å². The Morgan fingerprint density at radius 3 is 2.53 bits per heavy atom. The lowest BCUT2D eigenvalue weighted by atomic mass is 10.1. The van der Waals surface area contributed by atoms with E-state index in [2.05, 4.69) is 10.4 Å². The van der Waals surface area contributed by atoms with Crippen molar-refractivity contribution in [1.29, 1.82) is 0 Å². The van der Waals surface area contributed by atoms with Gasteiger partial charge in [-0.2, -0.15) is 5.10 Å². The Morgan fingerprint density at radius 1 is 1.23 bits per heavy atom. The summed E-state index contributed by atoms with van der Waals surface area (Å²) in [5, 5.41) is 13.0. The second-order valence-corrected chi connectivity index (χ2v) is 9.54. The quantitative estimate of drug-likeness (QED) is 0.603. The van der Waals surface area contributed by atoms with Crippen LogP contribution >= 0.6 is 11.6 Å². The van der Waals surface area contributed by atoms with Crippen molar-refractivity contribution < 1.29 is 13.2 Å². The molecule has 1 saturated carbocycles. The van der Waals surface area contributed by atoms with Crippen LogP contribution in [-0.4, -0.2) is 24.1 Å². The van der Waals surface area contributed by atoms with E-state index in [4.69, 9.17) is 16.7 Å². The summed E-state index contributed by atoms with van der Waals surface area (Å²) in [6.45, 7) is 1.93. The number of sulfonamides is 1. The predicted molar refractivity (Wildman–Crippen MR) is 116 cm³/mol. The molecule has 3 aromatic rings. The number of halogens is 1. The molecule has 30 heavy (non-hydrogen) atoms. The highest BCUT2D eigenvalue weighted by atomic mass is 35.5. The van der Waals surface area contributed by atoms with Gasteiger partial charge in [0, 0.05) is 16.6 Å². The third-order valence-corrected chi connectivity index (χ3v) is 6.14. The van der Waals surface area contributed by atoms with Crippen LogP contribution in [0.2, 0.25) is 5.02 Å². The summed E-state index contributed by atoms with van der Waals surface area (Å²) in [5.41, 5.74) is 4.30. The van der Waals surface area contributed by atoms with Gasteiger partial charge in [-0.25, -0.2) is 18.2 Å². The normalized spacial score (nSPS) is 14.0. The van der Waals surface area contributed by atoms with Gasteiger partial charge in [-0.05, 0) is 55.2 Å². The van der Waals surface area contributed by atoms with Crippen LogP contribution in [0.15, 0.2) is 48.7 Å². The van der Waals surface area contributed by atoms with Crippen molar-refractivity contribution in [1.82, 2.24) is 9.78 Å². The Hall–Kier alpha value is -2.68. The maximum Gasteiger partial charge on any atom is 0.259 e. The van der Waals surface area contributed by atoms with Gasteiger partial charge in [0.15, 0.2) is 0 Å². The second kappa shape index (κ2) is 7.86. The summed E-state index contributed by atoms with van der Waals surface area (Å²) in [5.74, 6) is -0.232. The lowest BCUT2D eigenvalue weighted by Crippen LogP contribution is -2.15. The fourth-order valence-corrected chi connectivity index (χ4v) is 4.15. The van der Waals surface area contributed by atoms with E-state index < -0.39 is 10.0 Å². The summed E-state index contributed by atoms with van der Waals surface area (Å²) in [4.78, 5) is 12.9. The molecule has 4 rings (SSSR count). The zero-order valence-corrected chi connectivity index (χ0v) is 17.9. The van der Waals surface area contributed by atoms with Crippen molar-refractivity contribution in [2.45, 2.75) is 31.4 Å². The number of hydrogen-bond acceptors (Lipinski definition) is 4. The van der Waals surface area contributed by atoms with Crippen LogP contribution in [0.3, 0.4) is 0 Å². The zero-order chi connectivity index (χ0) is 21.5. The minimum absolute atomic E-state index is 0.251. The largest absolute Gasteiger partial charge is 0.322 e. The Morgan fingerprint density at radius 2 is 1.93 bits per heavy atom. The van der Waals surface area contributed by atoms with E-state index in [1.807, 2.05) is 25.1 Å². The number of amides is 1.